The minimum absolute atomic E-state index is 0.0420. The Balaban J connectivity index is 1.55. The van der Waals surface area contributed by atoms with Crippen LogP contribution in [0.5, 0.6) is 0 Å². The molecule has 0 unspecified atom stereocenters. The summed E-state index contributed by atoms with van der Waals surface area (Å²) in [5.41, 5.74) is 1.71. The number of anilines is 3. The molecule has 0 aliphatic heterocycles. The largest absolute Gasteiger partial charge is 0.374 e. The number of amides is 2. The van der Waals surface area contributed by atoms with Crippen molar-refractivity contribution in [2.24, 2.45) is 5.92 Å². The van der Waals surface area contributed by atoms with Crippen LogP contribution in [0.25, 0.3) is 0 Å². The molecule has 3 N–H and O–H groups in total. The van der Waals surface area contributed by atoms with Gasteiger partial charge in [-0.05, 0) is 50.1 Å². The molecule has 2 aromatic rings. The lowest BCUT2D eigenvalue weighted by molar-refractivity contribution is -0.384. The van der Waals surface area contributed by atoms with Gasteiger partial charge in [-0.2, -0.15) is 0 Å². The summed E-state index contributed by atoms with van der Waals surface area (Å²) in [6.07, 6.45) is 1.89. The Labute approximate surface area is 156 Å². The minimum Gasteiger partial charge on any atom is -0.374 e. The van der Waals surface area contributed by atoms with Crippen LogP contribution in [0.1, 0.15) is 19.8 Å². The highest BCUT2D eigenvalue weighted by atomic mass is 16.6. The fourth-order valence-electron chi connectivity index (χ4n) is 2.50. The zero-order valence-electron chi connectivity index (χ0n) is 14.8. The number of rotatable bonds is 7. The van der Waals surface area contributed by atoms with E-state index in [1.807, 2.05) is 0 Å². The van der Waals surface area contributed by atoms with Crippen LogP contribution in [-0.2, 0) is 9.59 Å². The highest BCUT2D eigenvalue weighted by Gasteiger charge is 2.29. The number of carbonyl (C=O) groups excluding carboxylic acids is 2. The second-order valence-corrected chi connectivity index (χ2v) is 6.50. The maximum absolute atomic E-state index is 12.3. The molecule has 1 atom stereocenters. The van der Waals surface area contributed by atoms with Crippen molar-refractivity contribution >= 4 is 34.6 Å². The molecule has 2 amide bonds. The van der Waals surface area contributed by atoms with Crippen LogP contribution >= 0.6 is 0 Å². The van der Waals surface area contributed by atoms with Gasteiger partial charge in [0.1, 0.15) is 6.04 Å². The van der Waals surface area contributed by atoms with E-state index >= 15 is 0 Å². The molecule has 3 rings (SSSR count). The Kier molecular flexibility index (Phi) is 5.35. The summed E-state index contributed by atoms with van der Waals surface area (Å²) in [5, 5.41) is 19.4. The predicted octanol–water partition coefficient (Wildman–Crippen LogP) is 3.38. The topological polar surface area (TPSA) is 113 Å². The Hall–Kier alpha value is -3.42. The van der Waals surface area contributed by atoms with Gasteiger partial charge in [-0.25, -0.2) is 0 Å². The quantitative estimate of drug-likeness (QED) is 0.512. The molecule has 0 spiro atoms. The van der Waals surface area contributed by atoms with Crippen LogP contribution in [-0.4, -0.2) is 22.8 Å². The van der Waals surface area contributed by atoms with Crippen LogP contribution in [0.4, 0.5) is 22.7 Å². The average molecular weight is 368 g/mol. The van der Waals surface area contributed by atoms with E-state index in [1.54, 1.807) is 37.3 Å². The highest BCUT2D eigenvalue weighted by Crippen LogP contribution is 2.30. The van der Waals surface area contributed by atoms with Crippen molar-refractivity contribution in [1.29, 1.82) is 0 Å². The Morgan fingerprint density at radius 3 is 2.33 bits per heavy atom. The van der Waals surface area contributed by atoms with E-state index in [0.29, 0.717) is 11.4 Å². The fraction of sp³-hybridized carbons (Fsp3) is 0.263. The minimum atomic E-state index is -0.559. The number of non-ortho nitro benzene ring substituents is 1. The van der Waals surface area contributed by atoms with Gasteiger partial charge < -0.3 is 16.0 Å². The van der Waals surface area contributed by atoms with Gasteiger partial charge in [-0.3, -0.25) is 19.7 Å². The number of nitro benzene ring substituents is 1. The predicted molar refractivity (Wildman–Crippen MR) is 103 cm³/mol. The molecule has 0 saturated heterocycles. The van der Waals surface area contributed by atoms with Crippen LogP contribution < -0.4 is 16.0 Å². The first-order valence-electron chi connectivity index (χ1n) is 8.65. The maximum atomic E-state index is 12.3. The van der Waals surface area contributed by atoms with Crippen LogP contribution in [0.3, 0.4) is 0 Å². The summed E-state index contributed by atoms with van der Waals surface area (Å²) in [6.45, 7) is 1.69. The second kappa shape index (κ2) is 7.86. The van der Waals surface area contributed by atoms with Gasteiger partial charge in [0.25, 0.3) is 5.69 Å². The van der Waals surface area contributed by atoms with Crippen molar-refractivity contribution < 1.29 is 14.5 Å². The first-order chi connectivity index (χ1) is 12.9. The van der Waals surface area contributed by atoms with E-state index in [9.17, 15) is 19.7 Å². The van der Waals surface area contributed by atoms with Crippen molar-refractivity contribution in [2.75, 3.05) is 16.0 Å². The SMILES string of the molecule is C[C@H](Nc1ccc(NC(=O)C2CC2)cc1)C(=O)Nc1cccc([N+](=O)[O-])c1. The van der Waals surface area contributed by atoms with E-state index in [-0.39, 0.29) is 23.4 Å². The second-order valence-electron chi connectivity index (χ2n) is 6.50. The number of nitrogens with one attached hydrogen (secondary N) is 3. The molecule has 0 aromatic heterocycles. The summed E-state index contributed by atoms with van der Waals surface area (Å²) in [6, 6.07) is 12.3. The summed E-state index contributed by atoms with van der Waals surface area (Å²) < 4.78 is 0. The number of hydrogen-bond donors (Lipinski definition) is 3. The molecule has 0 bridgehead atoms. The third kappa shape index (κ3) is 5.04. The number of nitrogens with zero attached hydrogens (tertiary/aromatic N) is 1. The monoisotopic (exact) mass is 368 g/mol. The standard InChI is InChI=1S/C19H20N4O4/c1-12(18(24)22-16-3-2-4-17(11-16)23(26)27)20-14-7-9-15(10-8-14)21-19(25)13-5-6-13/h2-4,7-13,20H,5-6H2,1H3,(H,21,25)(H,22,24)/t12-/m0/s1. The number of nitro groups is 1. The van der Waals surface area contributed by atoms with E-state index in [1.165, 1.54) is 18.2 Å². The van der Waals surface area contributed by atoms with Gasteiger partial charge in [-0.1, -0.05) is 6.07 Å². The smallest absolute Gasteiger partial charge is 0.271 e. The molecule has 0 heterocycles. The van der Waals surface area contributed by atoms with Crippen LogP contribution in [0, 0.1) is 16.0 Å². The average Bonchev–Trinajstić information content (AvgIpc) is 3.48. The Morgan fingerprint density at radius 1 is 1.04 bits per heavy atom. The summed E-state index contributed by atoms with van der Waals surface area (Å²) in [5.74, 6) is -0.137. The number of carbonyl (C=O) groups is 2. The van der Waals surface area contributed by atoms with Gasteiger partial charge in [0.05, 0.1) is 4.92 Å². The van der Waals surface area contributed by atoms with E-state index < -0.39 is 11.0 Å². The fourth-order valence-corrected chi connectivity index (χ4v) is 2.50. The van der Waals surface area contributed by atoms with Crippen molar-refractivity contribution in [2.45, 2.75) is 25.8 Å². The third-order valence-electron chi connectivity index (χ3n) is 4.20. The normalized spacial score (nSPS) is 14.1. The van der Waals surface area contributed by atoms with E-state index in [4.69, 9.17) is 0 Å². The zero-order valence-corrected chi connectivity index (χ0v) is 14.8. The highest BCUT2D eigenvalue weighted by molar-refractivity contribution is 5.97. The Morgan fingerprint density at radius 2 is 1.70 bits per heavy atom. The molecule has 0 radical (unpaired) electrons. The first kappa shape index (κ1) is 18.4. The lowest BCUT2D eigenvalue weighted by Gasteiger charge is -2.15. The molecule has 140 valence electrons. The number of benzene rings is 2. The van der Waals surface area contributed by atoms with Gasteiger partial charge in [0, 0.05) is 35.1 Å². The Bertz CT molecular complexity index is 862. The molecule has 8 heteroatoms. The first-order valence-corrected chi connectivity index (χ1v) is 8.65. The molecule has 1 aliphatic carbocycles. The van der Waals surface area contributed by atoms with Crippen LogP contribution in [0.2, 0.25) is 0 Å². The molecule has 1 aliphatic rings. The lowest BCUT2D eigenvalue weighted by Crippen LogP contribution is -2.31. The molecule has 1 fully saturated rings. The van der Waals surface area contributed by atoms with Gasteiger partial charge in [-0.15, -0.1) is 0 Å². The molecular formula is C19H20N4O4. The molecule has 1 saturated carbocycles. The summed E-state index contributed by atoms with van der Waals surface area (Å²) in [7, 11) is 0. The maximum Gasteiger partial charge on any atom is 0.271 e. The molecule has 27 heavy (non-hydrogen) atoms. The number of hydrogen-bond acceptors (Lipinski definition) is 5. The lowest BCUT2D eigenvalue weighted by atomic mass is 10.2. The summed E-state index contributed by atoms with van der Waals surface area (Å²) in [4.78, 5) is 34.3. The summed E-state index contributed by atoms with van der Waals surface area (Å²) >= 11 is 0. The van der Waals surface area contributed by atoms with Gasteiger partial charge in [0.15, 0.2) is 0 Å². The van der Waals surface area contributed by atoms with Gasteiger partial charge in [0.2, 0.25) is 11.8 Å². The van der Waals surface area contributed by atoms with Crippen molar-refractivity contribution in [3.63, 3.8) is 0 Å². The molecular weight excluding hydrogens is 348 g/mol. The van der Waals surface area contributed by atoms with Crippen LogP contribution in [0.15, 0.2) is 48.5 Å². The van der Waals surface area contributed by atoms with Crippen molar-refractivity contribution in [3.05, 3.63) is 58.6 Å². The zero-order chi connectivity index (χ0) is 19.4. The van der Waals surface area contributed by atoms with E-state index in [2.05, 4.69) is 16.0 Å². The third-order valence-corrected chi connectivity index (χ3v) is 4.20. The van der Waals surface area contributed by atoms with Gasteiger partial charge >= 0.3 is 0 Å². The van der Waals surface area contributed by atoms with Crippen molar-refractivity contribution in [3.8, 4) is 0 Å². The van der Waals surface area contributed by atoms with Crippen molar-refractivity contribution in [1.82, 2.24) is 0 Å². The molecule has 8 nitrogen and oxygen atoms in total. The molecule has 2 aromatic carbocycles. The van der Waals surface area contributed by atoms with E-state index in [0.717, 1.165) is 18.5 Å².